The van der Waals surface area contributed by atoms with Gasteiger partial charge in [0, 0.05) is 12.1 Å². The van der Waals surface area contributed by atoms with E-state index in [4.69, 9.17) is 15.2 Å². The van der Waals surface area contributed by atoms with Crippen LogP contribution < -0.4 is 15.2 Å². The van der Waals surface area contributed by atoms with Gasteiger partial charge in [-0.25, -0.2) is 4.39 Å². The number of nitrogens with two attached hydrogens (primary N) is 1. The summed E-state index contributed by atoms with van der Waals surface area (Å²) in [7, 11) is 1.43. The fraction of sp³-hybridized carbons (Fsp3) is 0.267. The standard InChI is InChI=1S/C15H17FN2O2/c1-19-15-5-2-11(8-14(15)16)10-20-13-4-3-12(6-7-17)18-9-13/h2-5,8-9H,6-7,10,17H2,1H3. The number of pyridine rings is 1. The number of rotatable bonds is 6. The van der Waals surface area contributed by atoms with Gasteiger partial charge in [0.1, 0.15) is 12.4 Å². The Balaban J connectivity index is 1.96. The van der Waals surface area contributed by atoms with Crippen molar-refractivity contribution in [1.82, 2.24) is 4.98 Å². The first-order valence-electron chi connectivity index (χ1n) is 6.33. The molecule has 20 heavy (non-hydrogen) atoms. The maximum Gasteiger partial charge on any atom is 0.165 e. The summed E-state index contributed by atoms with van der Waals surface area (Å²) in [4.78, 5) is 4.23. The summed E-state index contributed by atoms with van der Waals surface area (Å²) < 4.78 is 23.9. The molecule has 1 aromatic heterocycles. The SMILES string of the molecule is COc1ccc(COc2ccc(CCN)nc2)cc1F. The number of halogens is 1. The summed E-state index contributed by atoms with van der Waals surface area (Å²) in [5, 5.41) is 0. The molecule has 0 aliphatic carbocycles. The molecule has 4 nitrogen and oxygen atoms in total. The van der Waals surface area contributed by atoms with Crippen LogP contribution in [0.2, 0.25) is 0 Å². The predicted molar refractivity (Wildman–Crippen MR) is 74.3 cm³/mol. The van der Waals surface area contributed by atoms with E-state index in [0.29, 0.717) is 12.3 Å². The molecule has 0 spiro atoms. The Hall–Kier alpha value is -2.14. The van der Waals surface area contributed by atoms with Gasteiger partial charge in [-0.1, -0.05) is 6.07 Å². The third-order valence-electron chi connectivity index (χ3n) is 2.82. The molecule has 1 heterocycles. The highest BCUT2D eigenvalue weighted by Crippen LogP contribution is 2.19. The van der Waals surface area contributed by atoms with Crippen molar-refractivity contribution < 1.29 is 13.9 Å². The summed E-state index contributed by atoms with van der Waals surface area (Å²) in [6.45, 7) is 0.844. The largest absolute Gasteiger partial charge is 0.494 e. The molecule has 0 saturated heterocycles. The molecule has 5 heteroatoms. The van der Waals surface area contributed by atoms with E-state index in [-0.39, 0.29) is 12.4 Å². The number of hydrogen-bond donors (Lipinski definition) is 1. The molecule has 0 fully saturated rings. The molecular weight excluding hydrogens is 259 g/mol. The molecule has 0 aliphatic heterocycles. The molecule has 0 aliphatic rings. The fourth-order valence-electron chi connectivity index (χ4n) is 1.76. The van der Waals surface area contributed by atoms with Crippen LogP contribution in [0.1, 0.15) is 11.3 Å². The van der Waals surface area contributed by atoms with E-state index in [2.05, 4.69) is 4.98 Å². The second-order valence-corrected chi connectivity index (χ2v) is 4.28. The van der Waals surface area contributed by atoms with E-state index in [9.17, 15) is 4.39 Å². The number of aromatic nitrogens is 1. The molecule has 0 amide bonds. The second-order valence-electron chi connectivity index (χ2n) is 4.28. The van der Waals surface area contributed by atoms with Gasteiger partial charge in [-0.15, -0.1) is 0 Å². The summed E-state index contributed by atoms with van der Waals surface area (Å²) in [5.41, 5.74) is 7.11. The third kappa shape index (κ3) is 3.68. The summed E-state index contributed by atoms with van der Waals surface area (Å²) in [5.74, 6) is 0.466. The molecule has 0 unspecified atom stereocenters. The Morgan fingerprint density at radius 2 is 2.10 bits per heavy atom. The van der Waals surface area contributed by atoms with Gasteiger partial charge in [-0.05, 0) is 36.4 Å². The number of nitrogens with zero attached hydrogens (tertiary/aromatic N) is 1. The highest BCUT2D eigenvalue weighted by atomic mass is 19.1. The number of ether oxygens (including phenoxy) is 2. The van der Waals surface area contributed by atoms with E-state index in [1.165, 1.54) is 13.2 Å². The van der Waals surface area contributed by atoms with Crippen molar-refractivity contribution >= 4 is 0 Å². The lowest BCUT2D eigenvalue weighted by Gasteiger charge is -2.08. The van der Waals surface area contributed by atoms with Crippen molar-refractivity contribution in [1.29, 1.82) is 0 Å². The van der Waals surface area contributed by atoms with Crippen LogP contribution >= 0.6 is 0 Å². The third-order valence-corrected chi connectivity index (χ3v) is 2.82. The quantitative estimate of drug-likeness (QED) is 0.879. The smallest absolute Gasteiger partial charge is 0.165 e. The van der Waals surface area contributed by atoms with Crippen LogP contribution in [0.4, 0.5) is 4.39 Å². The molecule has 0 atom stereocenters. The van der Waals surface area contributed by atoms with Gasteiger partial charge >= 0.3 is 0 Å². The number of hydrogen-bond acceptors (Lipinski definition) is 4. The van der Waals surface area contributed by atoms with E-state index in [0.717, 1.165) is 17.7 Å². The van der Waals surface area contributed by atoms with Crippen LogP contribution in [0.5, 0.6) is 11.5 Å². The van der Waals surface area contributed by atoms with Crippen molar-refractivity contribution in [3.63, 3.8) is 0 Å². The molecular formula is C15H17FN2O2. The molecule has 106 valence electrons. The zero-order valence-electron chi connectivity index (χ0n) is 11.3. The Kier molecular flexibility index (Phi) is 4.90. The zero-order valence-corrected chi connectivity index (χ0v) is 11.3. The summed E-state index contributed by atoms with van der Waals surface area (Å²) in [6, 6.07) is 8.44. The Bertz CT molecular complexity index is 558. The molecule has 0 radical (unpaired) electrons. The highest BCUT2D eigenvalue weighted by molar-refractivity contribution is 5.29. The van der Waals surface area contributed by atoms with Crippen LogP contribution in [0, 0.1) is 5.82 Å². The normalized spacial score (nSPS) is 10.3. The summed E-state index contributed by atoms with van der Waals surface area (Å²) >= 11 is 0. The first kappa shape index (κ1) is 14.3. The minimum Gasteiger partial charge on any atom is -0.494 e. The van der Waals surface area contributed by atoms with Gasteiger partial charge in [0.2, 0.25) is 0 Å². The van der Waals surface area contributed by atoms with E-state index in [1.807, 2.05) is 12.1 Å². The van der Waals surface area contributed by atoms with Crippen LogP contribution in [0.25, 0.3) is 0 Å². The molecule has 1 aromatic carbocycles. The number of benzene rings is 1. The molecule has 0 saturated carbocycles. The topological polar surface area (TPSA) is 57.4 Å². The first-order chi connectivity index (χ1) is 9.72. The molecule has 2 rings (SSSR count). The number of methoxy groups -OCH3 is 1. The zero-order chi connectivity index (χ0) is 14.4. The van der Waals surface area contributed by atoms with E-state index in [1.54, 1.807) is 18.3 Å². The highest BCUT2D eigenvalue weighted by Gasteiger charge is 2.04. The van der Waals surface area contributed by atoms with Gasteiger partial charge in [-0.3, -0.25) is 4.98 Å². The van der Waals surface area contributed by atoms with Crippen molar-refractivity contribution in [2.45, 2.75) is 13.0 Å². The van der Waals surface area contributed by atoms with Gasteiger partial charge in [0.25, 0.3) is 0 Å². The maximum absolute atomic E-state index is 13.5. The van der Waals surface area contributed by atoms with Crippen LogP contribution in [-0.2, 0) is 13.0 Å². The van der Waals surface area contributed by atoms with Crippen molar-refractivity contribution in [3.8, 4) is 11.5 Å². The lowest BCUT2D eigenvalue weighted by atomic mass is 10.2. The second kappa shape index (κ2) is 6.86. The molecule has 2 aromatic rings. The van der Waals surface area contributed by atoms with Crippen molar-refractivity contribution in [2.24, 2.45) is 5.73 Å². The average molecular weight is 276 g/mol. The Morgan fingerprint density at radius 3 is 2.70 bits per heavy atom. The molecule has 2 N–H and O–H groups in total. The van der Waals surface area contributed by atoms with Gasteiger partial charge < -0.3 is 15.2 Å². The monoisotopic (exact) mass is 276 g/mol. The minimum atomic E-state index is -0.398. The summed E-state index contributed by atoms with van der Waals surface area (Å²) in [6.07, 6.45) is 2.38. The van der Waals surface area contributed by atoms with Crippen LogP contribution in [-0.4, -0.2) is 18.6 Å². The fourth-order valence-corrected chi connectivity index (χ4v) is 1.76. The van der Waals surface area contributed by atoms with Gasteiger partial charge in [0.05, 0.1) is 13.3 Å². The molecule has 0 bridgehead atoms. The van der Waals surface area contributed by atoms with E-state index >= 15 is 0 Å². The maximum atomic E-state index is 13.5. The predicted octanol–water partition coefficient (Wildman–Crippen LogP) is 2.31. The lowest BCUT2D eigenvalue weighted by Crippen LogP contribution is -2.04. The average Bonchev–Trinajstić information content (AvgIpc) is 2.47. The van der Waals surface area contributed by atoms with Gasteiger partial charge in [0.15, 0.2) is 11.6 Å². The van der Waals surface area contributed by atoms with E-state index < -0.39 is 5.82 Å². The van der Waals surface area contributed by atoms with Crippen LogP contribution in [0.3, 0.4) is 0 Å². The van der Waals surface area contributed by atoms with Gasteiger partial charge in [-0.2, -0.15) is 0 Å². The van der Waals surface area contributed by atoms with Crippen molar-refractivity contribution in [2.75, 3.05) is 13.7 Å². The van der Waals surface area contributed by atoms with Crippen molar-refractivity contribution in [3.05, 3.63) is 53.6 Å². The Morgan fingerprint density at radius 1 is 1.25 bits per heavy atom. The first-order valence-corrected chi connectivity index (χ1v) is 6.33. The van der Waals surface area contributed by atoms with Crippen LogP contribution in [0.15, 0.2) is 36.5 Å². The lowest BCUT2D eigenvalue weighted by molar-refractivity contribution is 0.303. The Labute approximate surface area is 117 Å². The minimum absolute atomic E-state index is 0.224.